The maximum absolute atomic E-state index is 14.0. The number of para-hydroxylation sites is 3. The van der Waals surface area contributed by atoms with Crippen molar-refractivity contribution < 1.29 is 4.79 Å². The molecule has 0 atom stereocenters. The van der Waals surface area contributed by atoms with Crippen LogP contribution in [-0.2, 0) is 0 Å². The predicted octanol–water partition coefficient (Wildman–Crippen LogP) is 8.18. The number of nitrogens with zero attached hydrogens (tertiary/aromatic N) is 3. The number of carbonyl (C=O) groups excluding carboxylic acids is 1. The van der Waals surface area contributed by atoms with E-state index in [0.29, 0.717) is 16.6 Å². The number of aromatic nitrogens is 2. The highest BCUT2D eigenvalue weighted by Gasteiger charge is 2.24. The molecule has 0 bridgehead atoms. The van der Waals surface area contributed by atoms with Gasteiger partial charge in [-0.15, -0.1) is 0 Å². The van der Waals surface area contributed by atoms with Gasteiger partial charge in [-0.25, -0.2) is 4.98 Å². The van der Waals surface area contributed by atoms with Gasteiger partial charge in [0.2, 0.25) is 5.78 Å². The molecule has 0 unspecified atom stereocenters. The number of hydrogen-bond donors (Lipinski definition) is 0. The van der Waals surface area contributed by atoms with Crippen LogP contribution in [0.3, 0.4) is 0 Å². The average Bonchev–Trinajstić information content (AvgIpc) is 3.45. The number of imidazole rings is 1. The van der Waals surface area contributed by atoms with Gasteiger partial charge in [0.05, 0.1) is 22.3 Å². The molecule has 2 aromatic heterocycles. The van der Waals surface area contributed by atoms with Gasteiger partial charge in [-0.2, -0.15) is 0 Å². The lowest BCUT2D eigenvalue weighted by Crippen LogP contribution is -2.13. The molecule has 0 amide bonds. The molecule has 1 aliphatic rings. The van der Waals surface area contributed by atoms with Crippen molar-refractivity contribution in [3.05, 3.63) is 124 Å². The highest BCUT2D eigenvalue weighted by atomic mass is 16.1. The number of pyridine rings is 1. The first kappa shape index (κ1) is 23.4. The number of aliphatic imine (C=N–C) groups is 1. The van der Waals surface area contributed by atoms with E-state index < -0.39 is 0 Å². The molecule has 0 saturated heterocycles. The zero-order valence-electron chi connectivity index (χ0n) is 23.4. The van der Waals surface area contributed by atoms with Crippen LogP contribution >= 0.6 is 0 Å². The van der Waals surface area contributed by atoms with Crippen LogP contribution in [0, 0.1) is 11.8 Å². The third-order valence-electron chi connectivity index (χ3n) is 9.27. The molecule has 44 heavy (non-hydrogen) atoms. The van der Waals surface area contributed by atoms with Gasteiger partial charge >= 0.3 is 0 Å². The molecule has 7 aromatic carbocycles. The summed E-state index contributed by atoms with van der Waals surface area (Å²) in [4.78, 5) is 37.6. The Morgan fingerprint density at radius 3 is 2.02 bits per heavy atom. The van der Waals surface area contributed by atoms with Crippen LogP contribution in [0.25, 0.3) is 70.5 Å². The molecule has 0 spiro atoms. The summed E-state index contributed by atoms with van der Waals surface area (Å²) in [7, 11) is 0. The second-order valence-corrected chi connectivity index (χ2v) is 11.5. The highest BCUT2D eigenvalue weighted by molar-refractivity contribution is 6.40. The summed E-state index contributed by atoms with van der Waals surface area (Å²) >= 11 is 0. The Balaban J connectivity index is 1.40. The Labute approximate surface area is 249 Å². The summed E-state index contributed by atoms with van der Waals surface area (Å²) in [6, 6.07) is 31.8. The first-order valence-electron chi connectivity index (χ1n) is 14.5. The lowest BCUT2D eigenvalue weighted by molar-refractivity contribution is 0.105. The second-order valence-electron chi connectivity index (χ2n) is 11.5. The normalized spacial score (nSPS) is 13.4. The Morgan fingerprint density at radius 2 is 1.20 bits per heavy atom. The third kappa shape index (κ3) is 2.80. The number of hydrogen-bond acceptors (Lipinski definition) is 4. The molecule has 0 N–H and O–H groups in total. The zero-order chi connectivity index (χ0) is 29.3. The van der Waals surface area contributed by atoms with Crippen LogP contribution in [0.4, 0.5) is 5.69 Å². The summed E-state index contributed by atoms with van der Waals surface area (Å²) in [5.41, 5.74) is 5.97. The lowest BCUT2D eigenvalue weighted by Gasteiger charge is -2.19. The molecule has 1 aliphatic heterocycles. The maximum Gasteiger partial charge on any atom is 0.264 e. The van der Waals surface area contributed by atoms with E-state index in [1.54, 1.807) is 4.40 Å². The molecule has 3 heterocycles. The summed E-state index contributed by atoms with van der Waals surface area (Å²) in [6.45, 7) is 1.99. The van der Waals surface area contributed by atoms with E-state index in [2.05, 4.69) is 42.2 Å². The van der Waals surface area contributed by atoms with Gasteiger partial charge in [0, 0.05) is 38.4 Å². The van der Waals surface area contributed by atoms with E-state index in [1.807, 2.05) is 73.7 Å². The summed E-state index contributed by atoms with van der Waals surface area (Å²) in [6.07, 6.45) is 0. The zero-order valence-corrected chi connectivity index (χ0v) is 23.4. The number of Topliss-reactive ketones (excluding diaryl/α,β-unsaturated/α-hetero) is 1. The second kappa shape index (κ2) is 8.03. The van der Waals surface area contributed by atoms with Crippen molar-refractivity contribution in [1.82, 2.24) is 9.38 Å². The van der Waals surface area contributed by atoms with Crippen LogP contribution in [0.2, 0.25) is 0 Å². The molecule has 5 heteroatoms. The summed E-state index contributed by atoms with van der Waals surface area (Å²) in [5, 5.41) is 9.54. The van der Waals surface area contributed by atoms with Crippen LogP contribution in [-0.4, -0.2) is 20.9 Å². The maximum atomic E-state index is 14.0. The Morgan fingerprint density at radius 1 is 0.591 bits per heavy atom. The smallest absolute Gasteiger partial charge is 0.264 e. The molecule has 10 rings (SSSR count). The van der Waals surface area contributed by atoms with Gasteiger partial charge < -0.3 is 0 Å². The minimum atomic E-state index is -0.222. The topological polar surface area (TPSA) is 63.8 Å². The van der Waals surface area contributed by atoms with Crippen molar-refractivity contribution in [2.75, 3.05) is 0 Å². The molecule has 202 valence electrons. The van der Waals surface area contributed by atoms with E-state index in [4.69, 9.17) is 9.98 Å². The minimum Gasteiger partial charge on any atom is -0.279 e. The molecule has 0 saturated carbocycles. The monoisotopic (exact) mass is 561 g/mol. The van der Waals surface area contributed by atoms with Gasteiger partial charge in [-0.3, -0.25) is 19.0 Å². The first-order chi connectivity index (χ1) is 21.6. The molecule has 0 aliphatic carbocycles. The number of ketones is 1. The fourth-order valence-electron chi connectivity index (χ4n) is 7.39. The number of benzene rings is 7. The number of fused-ring (bicyclic) bond motifs is 7. The van der Waals surface area contributed by atoms with Crippen LogP contribution in [0.15, 0.2) is 107 Å². The molecular weight excluding hydrogens is 542 g/mol. The average molecular weight is 562 g/mol. The molecule has 9 aromatic rings. The Bertz CT molecular complexity index is 2920. The van der Waals surface area contributed by atoms with Crippen molar-refractivity contribution in [3.8, 4) is 11.8 Å². The van der Waals surface area contributed by atoms with Gasteiger partial charge in [0.15, 0.2) is 0 Å². The number of carbonyl (C=O) groups is 1. The lowest BCUT2D eigenvalue weighted by atomic mass is 9.84. The van der Waals surface area contributed by atoms with Crippen molar-refractivity contribution in [3.63, 3.8) is 0 Å². The van der Waals surface area contributed by atoms with Crippen LogP contribution in [0.5, 0.6) is 0 Å². The van der Waals surface area contributed by atoms with E-state index >= 15 is 0 Å². The molecule has 0 fully saturated rings. The molecule has 5 nitrogen and oxygen atoms in total. The van der Waals surface area contributed by atoms with Crippen LogP contribution < -0.4 is 5.56 Å². The summed E-state index contributed by atoms with van der Waals surface area (Å²) < 4.78 is 1.74. The van der Waals surface area contributed by atoms with E-state index in [-0.39, 0.29) is 11.3 Å². The minimum absolute atomic E-state index is 0.0720. The first-order valence-corrected chi connectivity index (χ1v) is 14.5. The van der Waals surface area contributed by atoms with E-state index in [1.165, 1.54) is 0 Å². The standard InChI is InChI=1S/C39H19N3O2/c1-20-22-11-12-23-26-15-18-29-37-28(38-41-31-8-4-5-9-32(31)42(38)39(29)44)17-14-25(36(26)37)24-13-16-27(34(22)35(23)24)33(43)19-10-21-6-2-3-7-30(21)40-20/h2-9,11-18H,1H3. The molecule has 0 radical (unpaired) electrons. The fourth-order valence-corrected chi connectivity index (χ4v) is 7.39. The fraction of sp³-hybridized carbons (Fsp3) is 0.0256. The third-order valence-corrected chi connectivity index (χ3v) is 9.27. The van der Waals surface area contributed by atoms with Gasteiger partial charge in [0.25, 0.3) is 5.56 Å². The Kier molecular flexibility index (Phi) is 4.28. The number of rotatable bonds is 0. The highest BCUT2D eigenvalue weighted by Crippen LogP contribution is 2.45. The van der Waals surface area contributed by atoms with Crippen molar-refractivity contribution in [2.45, 2.75) is 6.92 Å². The van der Waals surface area contributed by atoms with Crippen molar-refractivity contribution in [1.29, 1.82) is 0 Å². The van der Waals surface area contributed by atoms with Crippen LogP contribution in [0.1, 0.15) is 28.4 Å². The van der Waals surface area contributed by atoms with Crippen molar-refractivity contribution in [2.24, 2.45) is 4.99 Å². The van der Waals surface area contributed by atoms with Gasteiger partial charge in [-0.05, 0) is 87.6 Å². The quantitative estimate of drug-likeness (QED) is 0.107. The molecular formula is C39H19N3O2. The SMILES string of the molecule is CC1=Nc2ccccc2C#CC(=O)c2ccc3c4ccc5c6c(ccc(c7ccc1c2c73)c46)c(=O)n1c2ccccc2nc51. The van der Waals surface area contributed by atoms with E-state index in [9.17, 15) is 9.59 Å². The van der Waals surface area contributed by atoms with Gasteiger partial charge in [-0.1, -0.05) is 60.5 Å². The van der Waals surface area contributed by atoms with E-state index in [0.717, 1.165) is 82.0 Å². The predicted molar refractivity (Wildman–Crippen MR) is 178 cm³/mol. The van der Waals surface area contributed by atoms with Gasteiger partial charge in [0.1, 0.15) is 5.65 Å². The Hall–Kier alpha value is -6.12. The summed E-state index contributed by atoms with van der Waals surface area (Å²) in [5.74, 6) is 5.73. The van der Waals surface area contributed by atoms with Crippen molar-refractivity contribution >= 4 is 87.7 Å². The largest absolute Gasteiger partial charge is 0.279 e.